The van der Waals surface area contributed by atoms with E-state index in [0.29, 0.717) is 17.1 Å². The molecule has 2 aromatic rings. The minimum absolute atomic E-state index is 0.579. The highest BCUT2D eigenvalue weighted by Gasteiger charge is 2.22. The largest absolute Gasteiger partial charge is 0.497 e. The van der Waals surface area contributed by atoms with Crippen LogP contribution in [0.15, 0.2) is 22.6 Å². The highest BCUT2D eigenvalue weighted by atomic mass is 16.5. The van der Waals surface area contributed by atoms with Gasteiger partial charge in [-0.25, -0.2) is 0 Å². The van der Waals surface area contributed by atoms with E-state index in [1.54, 1.807) is 33.1 Å². The van der Waals surface area contributed by atoms with Crippen molar-refractivity contribution in [2.75, 3.05) is 7.11 Å². The Bertz CT molecular complexity index is 568. The van der Waals surface area contributed by atoms with Crippen LogP contribution in [0, 0.1) is 6.92 Å². The van der Waals surface area contributed by atoms with Gasteiger partial charge in [-0.3, -0.25) is 4.79 Å². The second-order valence-electron chi connectivity index (χ2n) is 3.99. The zero-order valence-corrected chi connectivity index (χ0v) is 9.98. The van der Waals surface area contributed by atoms with Crippen LogP contribution in [0.4, 0.5) is 0 Å². The third-order valence-electron chi connectivity index (χ3n) is 2.92. The van der Waals surface area contributed by atoms with Crippen molar-refractivity contribution >= 4 is 16.9 Å². The van der Waals surface area contributed by atoms with Crippen LogP contribution in [0.3, 0.4) is 0 Å². The Labute approximate surface area is 98.8 Å². The molecule has 0 amide bonds. The summed E-state index contributed by atoms with van der Waals surface area (Å²) in [5.74, 6) is -0.0970. The number of carboxylic acids is 1. The summed E-state index contributed by atoms with van der Waals surface area (Å²) >= 11 is 0. The normalized spacial score (nSPS) is 12.6. The predicted molar refractivity (Wildman–Crippen MR) is 63.6 cm³/mol. The maximum atomic E-state index is 11.1. The Kier molecular flexibility index (Phi) is 2.79. The first kappa shape index (κ1) is 11.5. The fourth-order valence-corrected chi connectivity index (χ4v) is 2.01. The Hall–Kier alpha value is -1.97. The fourth-order valence-electron chi connectivity index (χ4n) is 2.01. The molecule has 0 bridgehead atoms. The van der Waals surface area contributed by atoms with Gasteiger partial charge < -0.3 is 14.3 Å². The van der Waals surface area contributed by atoms with Crippen molar-refractivity contribution in [3.8, 4) is 5.75 Å². The maximum absolute atomic E-state index is 11.1. The molecule has 1 heterocycles. The van der Waals surface area contributed by atoms with Crippen LogP contribution in [0.1, 0.15) is 24.2 Å². The summed E-state index contributed by atoms with van der Waals surface area (Å²) in [4.78, 5) is 11.1. The number of carbonyl (C=O) groups is 1. The molecule has 90 valence electrons. The Balaban J connectivity index is 2.64. The van der Waals surface area contributed by atoms with Crippen molar-refractivity contribution in [3.63, 3.8) is 0 Å². The third kappa shape index (κ3) is 1.86. The van der Waals surface area contributed by atoms with E-state index in [9.17, 15) is 4.79 Å². The van der Waals surface area contributed by atoms with E-state index in [1.165, 1.54) is 0 Å². The number of fused-ring (bicyclic) bond motifs is 1. The Morgan fingerprint density at radius 2 is 2.18 bits per heavy atom. The Morgan fingerprint density at radius 3 is 2.76 bits per heavy atom. The average molecular weight is 234 g/mol. The molecule has 1 aromatic carbocycles. The molecule has 2 rings (SSSR count). The van der Waals surface area contributed by atoms with Crippen LogP contribution >= 0.6 is 0 Å². The van der Waals surface area contributed by atoms with Crippen molar-refractivity contribution in [1.29, 1.82) is 0 Å². The molecule has 1 unspecified atom stereocenters. The van der Waals surface area contributed by atoms with Gasteiger partial charge in [0.05, 0.1) is 13.0 Å². The first-order valence-corrected chi connectivity index (χ1v) is 5.34. The van der Waals surface area contributed by atoms with Gasteiger partial charge in [0.25, 0.3) is 0 Å². The molecule has 1 atom stereocenters. The fraction of sp³-hybridized carbons (Fsp3) is 0.308. The van der Waals surface area contributed by atoms with Gasteiger partial charge in [0.2, 0.25) is 0 Å². The molecule has 0 spiro atoms. The van der Waals surface area contributed by atoms with E-state index in [2.05, 4.69) is 0 Å². The van der Waals surface area contributed by atoms with Crippen molar-refractivity contribution < 1.29 is 19.1 Å². The van der Waals surface area contributed by atoms with Gasteiger partial charge in [-0.05, 0) is 26.0 Å². The van der Waals surface area contributed by atoms with Crippen LogP contribution in [0.5, 0.6) is 5.75 Å². The molecule has 17 heavy (non-hydrogen) atoms. The zero-order valence-electron chi connectivity index (χ0n) is 9.98. The van der Waals surface area contributed by atoms with Gasteiger partial charge in [0.1, 0.15) is 17.1 Å². The topological polar surface area (TPSA) is 59.7 Å². The number of carboxylic acid groups (broad SMARTS) is 1. The molecule has 0 saturated heterocycles. The van der Waals surface area contributed by atoms with Crippen molar-refractivity contribution in [1.82, 2.24) is 0 Å². The SMILES string of the molecule is COc1ccc2c(C(C)C(=O)O)c(C)oc2c1. The first-order chi connectivity index (χ1) is 8.04. The number of benzene rings is 1. The minimum Gasteiger partial charge on any atom is -0.497 e. The van der Waals surface area contributed by atoms with Crippen molar-refractivity contribution in [2.24, 2.45) is 0 Å². The zero-order chi connectivity index (χ0) is 12.6. The van der Waals surface area contributed by atoms with Crippen LogP contribution in [0.25, 0.3) is 11.0 Å². The smallest absolute Gasteiger partial charge is 0.310 e. The third-order valence-corrected chi connectivity index (χ3v) is 2.92. The molecule has 0 radical (unpaired) electrons. The highest BCUT2D eigenvalue weighted by molar-refractivity contribution is 5.89. The van der Waals surface area contributed by atoms with Crippen LogP contribution < -0.4 is 4.74 Å². The van der Waals surface area contributed by atoms with E-state index in [0.717, 1.165) is 10.9 Å². The molecule has 1 aromatic heterocycles. The summed E-state index contributed by atoms with van der Waals surface area (Å²) in [6, 6.07) is 5.40. The monoisotopic (exact) mass is 234 g/mol. The minimum atomic E-state index is -0.855. The average Bonchev–Trinajstić information content (AvgIpc) is 2.62. The lowest BCUT2D eigenvalue weighted by molar-refractivity contribution is -0.138. The van der Waals surface area contributed by atoms with E-state index in [1.807, 2.05) is 6.07 Å². The molecule has 4 heteroatoms. The molecule has 0 fully saturated rings. The van der Waals surface area contributed by atoms with Crippen LogP contribution in [-0.2, 0) is 4.79 Å². The molecular formula is C13H14O4. The summed E-state index contributed by atoms with van der Waals surface area (Å²) in [6.07, 6.45) is 0. The number of aryl methyl sites for hydroxylation is 1. The molecular weight excluding hydrogens is 220 g/mol. The number of aliphatic carboxylic acids is 1. The summed E-state index contributed by atoms with van der Waals surface area (Å²) in [5, 5.41) is 9.90. The Morgan fingerprint density at radius 1 is 1.47 bits per heavy atom. The van der Waals surface area contributed by atoms with Gasteiger partial charge in [0, 0.05) is 17.0 Å². The van der Waals surface area contributed by atoms with Gasteiger partial charge >= 0.3 is 5.97 Å². The summed E-state index contributed by atoms with van der Waals surface area (Å²) < 4.78 is 10.7. The number of methoxy groups -OCH3 is 1. The lowest BCUT2D eigenvalue weighted by Gasteiger charge is -2.05. The number of hydrogen-bond donors (Lipinski definition) is 1. The second-order valence-corrected chi connectivity index (χ2v) is 3.99. The summed E-state index contributed by atoms with van der Waals surface area (Å²) in [5.41, 5.74) is 1.39. The quantitative estimate of drug-likeness (QED) is 0.887. The number of rotatable bonds is 3. The molecule has 0 aliphatic carbocycles. The van der Waals surface area contributed by atoms with Crippen molar-refractivity contribution in [3.05, 3.63) is 29.5 Å². The van der Waals surface area contributed by atoms with Crippen LogP contribution in [0.2, 0.25) is 0 Å². The van der Waals surface area contributed by atoms with Crippen LogP contribution in [-0.4, -0.2) is 18.2 Å². The van der Waals surface area contributed by atoms with E-state index >= 15 is 0 Å². The maximum Gasteiger partial charge on any atom is 0.310 e. The van der Waals surface area contributed by atoms with E-state index in [4.69, 9.17) is 14.3 Å². The summed E-state index contributed by atoms with van der Waals surface area (Å²) in [6.45, 7) is 3.44. The van der Waals surface area contributed by atoms with Gasteiger partial charge in [-0.2, -0.15) is 0 Å². The van der Waals surface area contributed by atoms with Crippen molar-refractivity contribution in [2.45, 2.75) is 19.8 Å². The molecule has 0 aliphatic rings. The number of hydrogen-bond acceptors (Lipinski definition) is 3. The van der Waals surface area contributed by atoms with Gasteiger partial charge in [-0.1, -0.05) is 0 Å². The molecule has 4 nitrogen and oxygen atoms in total. The second kappa shape index (κ2) is 4.13. The number of ether oxygens (including phenoxy) is 1. The van der Waals surface area contributed by atoms with Gasteiger partial charge in [-0.15, -0.1) is 0 Å². The highest BCUT2D eigenvalue weighted by Crippen LogP contribution is 2.33. The molecule has 0 aliphatic heterocycles. The van der Waals surface area contributed by atoms with E-state index in [-0.39, 0.29) is 0 Å². The summed E-state index contributed by atoms with van der Waals surface area (Å²) in [7, 11) is 1.58. The van der Waals surface area contributed by atoms with Gasteiger partial charge in [0.15, 0.2) is 0 Å². The lowest BCUT2D eigenvalue weighted by Crippen LogP contribution is -2.07. The first-order valence-electron chi connectivity index (χ1n) is 5.34. The molecule has 0 saturated carbocycles. The van der Waals surface area contributed by atoms with E-state index < -0.39 is 11.9 Å². The standard InChI is InChI=1S/C13H14O4/c1-7(13(14)15)12-8(2)17-11-6-9(16-3)4-5-10(11)12/h4-7H,1-3H3,(H,14,15). The molecule has 1 N–H and O–H groups in total. The number of furan rings is 1. The lowest BCUT2D eigenvalue weighted by atomic mass is 9.98. The predicted octanol–water partition coefficient (Wildman–Crippen LogP) is 2.94.